The van der Waals surface area contributed by atoms with Gasteiger partial charge >= 0.3 is 0 Å². The smallest absolute Gasteiger partial charge is 0.243 e. The number of ketones is 1. The molecule has 0 saturated carbocycles. The van der Waals surface area contributed by atoms with Crippen molar-refractivity contribution in [2.24, 2.45) is 0 Å². The molecular weight excluding hydrogens is 467 g/mol. The molecule has 174 valence electrons. The van der Waals surface area contributed by atoms with Crippen molar-refractivity contribution in [3.63, 3.8) is 0 Å². The van der Waals surface area contributed by atoms with Crippen LogP contribution in [0.15, 0.2) is 58.6 Å². The fourth-order valence-corrected chi connectivity index (χ4v) is 5.61. The molecule has 8 nitrogen and oxygen atoms in total. The van der Waals surface area contributed by atoms with E-state index >= 15 is 0 Å². The van der Waals surface area contributed by atoms with Crippen molar-refractivity contribution < 1.29 is 22.3 Å². The standard InChI is InChI=1S/C22H23FN4O4S2/c1-16(28)15-32-22-25-24-21(27(22)14-17-5-7-19(23)8-6-17)18-3-2-4-20(13-18)33(29,30)26-9-11-31-12-10-26/h2-8,13H,9-12,14-15H2,1H3. The van der Waals surface area contributed by atoms with Crippen LogP contribution in [0.5, 0.6) is 0 Å². The molecule has 0 atom stereocenters. The minimum Gasteiger partial charge on any atom is -0.379 e. The number of hydrogen-bond acceptors (Lipinski definition) is 7. The van der Waals surface area contributed by atoms with E-state index in [2.05, 4.69) is 10.2 Å². The fourth-order valence-electron chi connectivity index (χ4n) is 3.42. The summed E-state index contributed by atoms with van der Waals surface area (Å²) in [6, 6.07) is 12.6. The van der Waals surface area contributed by atoms with Crippen molar-refractivity contribution in [3.8, 4) is 11.4 Å². The lowest BCUT2D eigenvalue weighted by molar-refractivity contribution is -0.114. The molecule has 0 radical (unpaired) electrons. The molecule has 1 aliphatic rings. The molecule has 1 saturated heterocycles. The van der Waals surface area contributed by atoms with E-state index in [1.165, 1.54) is 35.1 Å². The van der Waals surface area contributed by atoms with Gasteiger partial charge in [0.25, 0.3) is 0 Å². The second-order valence-corrected chi connectivity index (χ2v) is 10.4. The molecule has 3 aromatic rings. The molecule has 1 aliphatic heterocycles. The van der Waals surface area contributed by atoms with Gasteiger partial charge in [-0.15, -0.1) is 10.2 Å². The number of carbonyl (C=O) groups excluding carboxylic acids is 1. The zero-order valence-electron chi connectivity index (χ0n) is 18.0. The second kappa shape index (κ2) is 10.1. The van der Waals surface area contributed by atoms with E-state index in [-0.39, 0.29) is 22.2 Å². The van der Waals surface area contributed by atoms with Gasteiger partial charge in [0.05, 0.1) is 30.4 Å². The van der Waals surface area contributed by atoms with Crippen molar-refractivity contribution >= 4 is 27.6 Å². The Balaban J connectivity index is 1.71. The number of morpholine rings is 1. The van der Waals surface area contributed by atoms with Gasteiger partial charge in [0.1, 0.15) is 11.6 Å². The number of nitrogens with zero attached hydrogens (tertiary/aromatic N) is 4. The average molecular weight is 491 g/mol. The molecule has 1 aromatic heterocycles. The zero-order chi connectivity index (χ0) is 23.4. The van der Waals surface area contributed by atoms with E-state index in [1.54, 1.807) is 41.0 Å². The predicted octanol–water partition coefficient (Wildman–Crippen LogP) is 2.83. The molecule has 33 heavy (non-hydrogen) atoms. The summed E-state index contributed by atoms with van der Waals surface area (Å²) in [6.07, 6.45) is 0. The molecule has 11 heteroatoms. The van der Waals surface area contributed by atoms with Crippen LogP contribution in [0.2, 0.25) is 0 Å². The summed E-state index contributed by atoms with van der Waals surface area (Å²) in [5.74, 6) is 0.350. The third-order valence-electron chi connectivity index (χ3n) is 5.08. The number of benzene rings is 2. The number of rotatable bonds is 8. The monoisotopic (exact) mass is 490 g/mol. The Morgan fingerprint density at radius 3 is 2.55 bits per heavy atom. The van der Waals surface area contributed by atoms with Gasteiger partial charge < -0.3 is 4.74 Å². The quantitative estimate of drug-likeness (QED) is 0.448. The van der Waals surface area contributed by atoms with Crippen LogP contribution in [0.3, 0.4) is 0 Å². The van der Waals surface area contributed by atoms with Crippen LogP contribution in [0.25, 0.3) is 11.4 Å². The first-order valence-corrected chi connectivity index (χ1v) is 12.8. The third kappa shape index (κ3) is 5.49. The van der Waals surface area contributed by atoms with Gasteiger partial charge in [-0.05, 0) is 36.8 Å². The van der Waals surface area contributed by atoms with Crippen LogP contribution in [-0.2, 0) is 26.1 Å². The van der Waals surface area contributed by atoms with Gasteiger partial charge in [-0.1, -0.05) is 36.0 Å². The number of ether oxygens (including phenoxy) is 1. The minimum atomic E-state index is -3.68. The maximum atomic E-state index is 13.4. The third-order valence-corrected chi connectivity index (χ3v) is 8.08. The molecule has 0 N–H and O–H groups in total. The Hall–Kier alpha value is -2.60. The predicted molar refractivity (Wildman–Crippen MR) is 122 cm³/mol. The van der Waals surface area contributed by atoms with E-state index in [1.807, 2.05) is 0 Å². The van der Waals surface area contributed by atoms with Gasteiger partial charge in [-0.3, -0.25) is 9.36 Å². The summed E-state index contributed by atoms with van der Waals surface area (Å²) in [6.45, 7) is 3.17. The Morgan fingerprint density at radius 2 is 1.85 bits per heavy atom. The maximum Gasteiger partial charge on any atom is 0.243 e. The van der Waals surface area contributed by atoms with E-state index in [0.29, 0.717) is 49.4 Å². The van der Waals surface area contributed by atoms with Gasteiger partial charge in [-0.25, -0.2) is 12.8 Å². The normalized spacial score (nSPS) is 15.0. The van der Waals surface area contributed by atoms with Crippen molar-refractivity contribution in [2.75, 3.05) is 32.1 Å². The van der Waals surface area contributed by atoms with Crippen LogP contribution < -0.4 is 0 Å². The minimum absolute atomic E-state index is 0.00326. The number of sulfonamides is 1. The van der Waals surface area contributed by atoms with E-state index in [9.17, 15) is 17.6 Å². The van der Waals surface area contributed by atoms with Gasteiger partial charge in [0.2, 0.25) is 10.0 Å². The Kier molecular flexibility index (Phi) is 7.23. The summed E-state index contributed by atoms with van der Waals surface area (Å²) in [5.41, 5.74) is 1.40. The summed E-state index contributed by atoms with van der Waals surface area (Å²) < 4.78 is 48.1. The first-order chi connectivity index (χ1) is 15.8. The van der Waals surface area contributed by atoms with Gasteiger partial charge in [-0.2, -0.15) is 4.31 Å². The molecule has 0 unspecified atom stereocenters. The molecule has 2 heterocycles. The Bertz CT molecular complexity index is 1240. The number of Topliss-reactive ketones (excluding diaryl/α,β-unsaturated/α-hetero) is 1. The SMILES string of the molecule is CC(=O)CSc1nnc(-c2cccc(S(=O)(=O)N3CCOCC3)c2)n1Cc1ccc(F)cc1. The van der Waals surface area contributed by atoms with Crippen molar-refractivity contribution in [1.29, 1.82) is 0 Å². The molecule has 4 rings (SSSR count). The average Bonchev–Trinajstić information content (AvgIpc) is 3.22. The summed E-state index contributed by atoms with van der Waals surface area (Å²) in [4.78, 5) is 11.7. The zero-order valence-corrected chi connectivity index (χ0v) is 19.6. The summed E-state index contributed by atoms with van der Waals surface area (Å²) in [5, 5.41) is 9.04. The van der Waals surface area contributed by atoms with Crippen molar-refractivity contribution in [3.05, 3.63) is 59.9 Å². The highest BCUT2D eigenvalue weighted by atomic mass is 32.2. The lowest BCUT2D eigenvalue weighted by atomic mass is 10.2. The molecule has 2 aromatic carbocycles. The Labute approximate surface area is 195 Å². The highest BCUT2D eigenvalue weighted by Crippen LogP contribution is 2.28. The number of hydrogen-bond donors (Lipinski definition) is 0. The maximum absolute atomic E-state index is 13.4. The topological polar surface area (TPSA) is 94.4 Å². The molecule has 0 aliphatic carbocycles. The number of aromatic nitrogens is 3. The van der Waals surface area contributed by atoms with Gasteiger partial charge in [0, 0.05) is 18.7 Å². The summed E-state index contributed by atoms with van der Waals surface area (Å²) in [7, 11) is -3.68. The summed E-state index contributed by atoms with van der Waals surface area (Å²) >= 11 is 1.25. The molecule has 0 bridgehead atoms. The number of halogens is 1. The van der Waals surface area contributed by atoms with Crippen LogP contribution in [-0.4, -0.2) is 65.3 Å². The second-order valence-electron chi connectivity index (χ2n) is 7.55. The first kappa shape index (κ1) is 23.6. The van der Waals surface area contributed by atoms with E-state index in [0.717, 1.165) is 5.56 Å². The van der Waals surface area contributed by atoms with Crippen LogP contribution in [0, 0.1) is 5.82 Å². The number of carbonyl (C=O) groups is 1. The number of thioether (sulfide) groups is 1. The fraction of sp³-hybridized carbons (Fsp3) is 0.318. The lowest BCUT2D eigenvalue weighted by Gasteiger charge is -2.26. The molecule has 1 fully saturated rings. The highest BCUT2D eigenvalue weighted by Gasteiger charge is 2.27. The molecule has 0 spiro atoms. The molecule has 0 amide bonds. The van der Waals surface area contributed by atoms with Gasteiger partial charge in [0.15, 0.2) is 11.0 Å². The first-order valence-electron chi connectivity index (χ1n) is 10.3. The molecular formula is C22H23FN4O4S2. The highest BCUT2D eigenvalue weighted by molar-refractivity contribution is 7.99. The Morgan fingerprint density at radius 1 is 1.12 bits per heavy atom. The van der Waals surface area contributed by atoms with E-state index in [4.69, 9.17) is 4.74 Å². The van der Waals surface area contributed by atoms with E-state index < -0.39 is 10.0 Å². The van der Waals surface area contributed by atoms with Crippen LogP contribution in [0.4, 0.5) is 4.39 Å². The van der Waals surface area contributed by atoms with Crippen LogP contribution in [0.1, 0.15) is 12.5 Å². The lowest BCUT2D eigenvalue weighted by Crippen LogP contribution is -2.40. The largest absolute Gasteiger partial charge is 0.379 e. The van der Waals surface area contributed by atoms with Crippen molar-refractivity contribution in [2.45, 2.75) is 23.5 Å². The van der Waals surface area contributed by atoms with Crippen molar-refractivity contribution in [1.82, 2.24) is 19.1 Å². The van der Waals surface area contributed by atoms with Crippen LogP contribution >= 0.6 is 11.8 Å².